The molecule has 3 rings (SSSR count). The summed E-state index contributed by atoms with van der Waals surface area (Å²) in [5, 5.41) is 2.87. The monoisotopic (exact) mass is 340 g/mol. The van der Waals surface area contributed by atoms with Crippen LogP contribution >= 0.6 is 0 Å². The first-order chi connectivity index (χ1) is 12.1. The maximum Gasteiger partial charge on any atom is 0.251 e. The Bertz CT molecular complexity index is 689. The van der Waals surface area contributed by atoms with Gasteiger partial charge in [-0.15, -0.1) is 0 Å². The Morgan fingerprint density at radius 2 is 1.64 bits per heavy atom. The molecule has 2 aromatic carbocycles. The van der Waals surface area contributed by atoms with Crippen molar-refractivity contribution in [3.63, 3.8) is 0 Å². The fourth-order valence-electron chi connectivity index (χ4n) is 3.13. The lowest BCUT2D eigenvalue weighted by molar-refractivity contribution is 0.0951. The van der Waals surface area contributed by atoms with E-state index in [0.717, 1.165) is 31.1 Å². The van der Waals surface area contributed by atoms with Crippen molar-refractivity contribution in [2.75, 3.05) is 13.1 Å². The number of nitrogens with zero attached hydrogens (tertiary/aromatic N) is 1. The van der Waals surface area contributed by atoms with Crippen LogP contribution in [0.1, 0.15) is 41.3 Å². The largest absolute Gasteiger partial charge is 0.348 e. The molecule has 1 saturated heterocycles. The number of rotatable bonds is 5. The van der Waals surface area contributed by atoms with Crippen LogP contribution in [0.4, 0.5) is 4.39 Å². The highest BCUT2D eigenvalue weighted by Gasteiger charge is 2.15. The van der Waals surface area contributed by atoms with E-state index in [1.54, 1.807) is 12.1 Å². The number of likely N-dealkylation sites (tertiary alicyclic amines) is 1. The topological polar surface area (TPSA) is 32.3 Å². The Labute approximate surface area is 148 Å². The van der Waals surface area contributed by atoms with Crippen LogP contribution in [-0.4, -0.2) is 23.9 Å². The lowest BCUT2D eigenvalue weighted by Crippen LogP contribution is -2.32. The van der Waals surface area contributed by atoms with Gasteiger partial charge in [-0.25, -0.2) is 4.39 Å². The van der Waals surface area contributed by atoms with E-state index >= 15 is 0 Å². The second-order valence-corrected chi connectivity index (χ2v) is 6.96. The summed E-state index contributed by atoms with van der Waals surface area (Å²) in [5.41, 5.74) is 2.77. The normalized spacial score (nSPS) is 15.9. The van der Waals surface area contributed by atoms with Crippen LogP contribution in [0.5, 0.6) is 0 Å². The molecule has 25 heavy (non-hydrogen) atoms. The van der Waals surface area contributed by atoms with Crippen LogP contribution in [0.15, 0.2) is 48.5 Å². The molecule has 3 nitrogen and oxygen atoms in total. The van der Waals surface area contributed by atoms with E-state index < -0.39 is 0 Å². The second-order valence-electron chi connectivity index (χ2n) is 6.96. The Morgan fingerprint density at radius 1 is 1.04 bits per heavy atom. The zero-order valence-electron chi connectivity index (χ0n) is 14.7. The van der Waals surface area contributed by atoms with Crippen molar-refractivity contribution in [2.24, 2.45) is 5.92 Å². The number of hydrogen-bond acceptors (Lipinski definition) is 2. The second kappa shape index (κ2) is 8.26. The number of nitrogens with one attached hydrogen (secondary N) is 1. The molecule has 0 atom stereocenters. The van der Waals surface area contributed by atoms with E-state index in [0.29, 0.717) is 12.1 Å². The van der Waals surface area contributed by atoms with Gasteiger partial charge >= 0.3 is 0 Å². The van der Waals surface area contributed by atoms with Crippen LogP contribution in [-0.2, 0) is 13.1 Å². The molecule has 0 saturated carbocycles. The van der Waals surface area contributed by atoms with Gasteiger partial charge in [0.15, 0.2) is 0 Å². The number of carbonyl (C=O) groups is 1. The van der Waals surface area contributed by atoms with E-state index in [1.807, 2.05) is 24.3 Å². The molecule has 0 aromatic heterocycles. The first-order valence-corrected chi connectivity index (χ1v) is 8.94. The van der Waals surface area contributed by atoms with Crippen molar-refractivity contribution >= 4 is 5.91 Å². The summed E-state index contributed by atoms with van der Waals surface area (Å²) in [6.07, 6.45) is 2.54. The molecular weight excluding hydrogens is 315 g/mol. The van der Waals surface area contributed by atoms with Gasteiger partial charge in [0.05, 0.1) is 0 Å². The number of carbonyl (C=O) groups excluding carboxylic acids is 1. The third-order valence-electron chi connectivity index (χ3n) is 4.86. The molecule has 132 valence electrons. The predicted octanol–water partition coefficient (Wildman–Crippen LogP) is 3.99. The van der Waals surface area contributed by atoms with Gasteiger partial charge in [0, 0.05) is 18.7 Å². The van der Waals surface area contributed by atoms with Crippen molar-refractivity contribution < 1.29 is 9.18 Å². The average Bonchev–Trinajstić information content (AvgIpc) is 2.63. The molecule has 0 bridgehead atoms. The maximum absolute atomic E-state index is 12.9. The van der Waals surface area contributed by atoms with E-state index in [-0.39, 0.29) is 11.7 Å². The van der Waals surface area contributed by atoms with Gasteiger partial charge in [-0.1, -0.05) is 31.2 Å². The molecule has 4 heteroatoms. The molecule has 1 aliphatic heterocycles. The Hall–Kier alpha value is -2.20. The minimum atomic E-state index is -0.270. The van der Waals surface area contributed by atoms with E-state index in [2.05, 4.69) is 17.1 Å². The Morgan fingerprint density at radius 3 is 2.28 bits per heavy atom. The number of hydrogen-bond donors (Lipinski definition) is 1. The summed E-state index contributed by atoms with van der Waals surface area (Å²) in [6.45, 7) is 5.97. The quantitative estimate of drug-likeness (QED) is 0.893. The zero-order valence-corrected chi connectivity index (χ0v) is 14.7. The smallest absolute Gasteiger partial charge is 0.251 e. The van der Waals surface area contributed by atoms with Crippen LogP contribution in [0, 0.1) is 11.7 Å². The Balaban J connectivity index is 1.50. The van der Waals surface area contributed by atoms with Crippen LogP contribution in [0.3, 0.4) is 0 Å². The third-order valence-corrected chi connectivity index (χ3v) is 4.86. The molecule has 2 aromatic rings. The Kier molecular flexibility index (Phi) is 5.82. The van der Waals surface area contributed by atoms with Gasteiger partial charge in [0.25, 0.3) is 5.91 Å². The summed E-state index contributed by atoms with van der Waals surface area (Å²) in [5.74, 6) is 0.458. The molecule has 0 unspecified atom stereocenters. The maximum atomic E-state index is 12.9. The van der Waals surface area contributed by atoms with Crippen molar-refractivity contribution in [1.82, 2.24) is 10.2 Å². The van der Waals surface area contributed by atoms with Crippen molar-refractivity contribution in [3.05, 3.63) is 71.0 Å². The summed E-state index contributed by atoms with van der Waals surface area (Å²) in [4.78, 5) is 14.7. The lowest BCUT2D eigenvalue weighted by Gasteiger charge is -2.30. The van der Waals surface area contributed by atoms with Gasteiger partial charge in [-0.3, -0.25) is 9.69 Å². The highest BCUT2D eigenvalue weighted by atomic mass is 19.1. The first kappa shape index (κ1) is 17.6. The minimum Gasteiger partial charge on any atom is -0.348 e. The van der Waals surface area contributed by atoms with Gasteiger partial charge in [0.1, 0.15) is 5.82 Å². The van der Waals surface area contributed by atoms with Crippen molar-refractivity contribution in [1.29, 1.82) is 0 Å². The molecule has 1 heterocycles. The van der Waals surface area contributed by atoms with Gasteiger partial charge < -0.3 is 5.32 Å². The lowest BCUT2D eigenvalue weighted by atomic mass is 9.99. The molecule has 1 aliphatic rings. The van der Waals surface area contributed by atoms with Crippen molar-refractivity contribution in [2.45, 2.75) is 32.9 Å². The average molecular weight is 340 g/mol. The molecule has 1 fully saturated rings. The van der Waals surface area contributed by atoms with E-state index in [1.165, 1.54) is 30.5 Å². The fourth-order valence-corrected chi connectivity index (χ4v) is 3.13. The summed E-state index contributed by atoms with van der Waals surface area (Å²) in [7, 11) is 0. The van der Waals surface area contributed by atoms with Crippen LogP contribution in [0.25, 0.3) is 0 Å². The molecule has 0 radical (unpaired) electrons. The standard InChI is InChI=1S/C21H25FN2O/c1-16-10-12-24(13-11-16)15-18-2-6-19(7-3-18)21(25)23-14-17-4-8-20(22)9-5-17/h2-9,16H,10-15H2,1H3,(H,23,25). The van der Waals surface area contributed by atoms with E-state index in [4.69, 9.17) is 0 Å². The van der Waals surface area contributed by atoms with Crippen molar-refractivity contribution in [3.8, 4) is 0 Å². The highest BCUT2D eigenvalue weighted by Crippen LogP contribution is 2.18. The highest BCUT2D eigenvalue weighted by molar-refractivity contribution is 5.94. The van der Waals surface area contributed by atoms with Gasteiger partial charge in [-0.2, -0.15) is 0 Å². The molecule has 1 amide bonds. The van der Waals surface area contributed by atoms with Crippen LogP contribution < -0.4 is 5.32 Å². The summed E-state index contributed by atoms with van der Waals surface area (Å²) < 4.78 is 12.9. The third kappa shape index (κ3) is 5.13. The van der Waals surface area contributed by atoms with Crippen LogP contribution in [0.2, 0.25) is 0 Å². The SMILES string of the molecule is CC1CCN(Cc2ccc(C(=O)NCc3ccc(F)cc3)cc2)CC1. The molecule has 0 aliphatic carbocycles. The minimum absolute atomic E-state index is 0.109. The number of piperidine rings is 1. The number of amides is 1. The summed E-state index contributed by atoms with van der Waals surface area (Å²) in [6, 6.07) is 14.0. The molecular formula is C21H25FN2O. The number of halogens is 1. The molecule has 1 N–H and O–H groups in total. The summed E-state index contributed by atoms with van der Waals surface area (Å²) >= 11 is 0. The molecule has 0 spiro atoms. The zero-order chi connectivity index (χ0) is 17.6. The van der Waals surface area contributed by atoms with Gasteiger partial charge in [-0.05, 0) is 67.2 Å². The first-order valence-electron chi connectivity index (χ1n) is 8.94. The predicted molar refractivity (Wildman–Crippen MR) is 97.7 cm³/mol. The van der Waals surface area contributed by atoms with Gasteiger partial charge in [0.2, 0.25) is 0 Å². The number of benzene rings is 2. The fraction of sp³-hybridized carbons (Fsp3) is 0.381. The van der Waals surface area contributed by atoms with E-state index in [9.17, 15) is 9.18 Å².